The average Bonchev–Trinajstić information content (AvgIpc) is 2.61. The number of fused-ring (bicyclic) bond motifs is 1. The Hall–Kier alpha value is -0.870. The highest BCUT2D eigenvalue weighted by molar-refractivity contribution is 7.17. The number of hydrogen-bond acceptors (Lipinski definition) is 3. The molecule has 0 saturated carbocycles. The van der Waals surface area contributed by atoms with Crippen LogP contribution in [-0.4, -0.2) is 16.5 Å². The Bertz CT molecular complexity index is 424. The fraction of sp³-hybridized carbons (Fsp3) is 0.500. The monoisotopic (exact) mass is 210 g/mol. The van der Waals surface area contributed by atoms with Gasteiger partial charge >= 0.3 is 0 Å². The van der Waals surface area contributed by atoms with Crippen molar-refractivity contribution in [1.29, 1.82) is 0 Å². The van der Waals surface area contributed by atoms with Gasteiger partial charge in [0.2, 0.25) is 0 Å². The molecule has 0 aromatic carbocycles. The molecule has 0 aliphatic carbocycles. The largest absolute Gasteiger partial charge is 0.373 e. The van der Waals surface area contributed by atoms with Crippen LogP contribution in [0.1, 0.15) is 24.4 Å². The van der Waals surface area contributed by atoms with Gasteiger partial charge in [-0.3, -0.25) is 4.40 Å². The fourth-order valence-corrected chi connectivity index (χ4v) is 2.38. The van der Waals surface area contributed by atoms with Crippen LogP contribution in [0, 0.1) is 6.92 Å². The van der Waals surface area contributed by atoms with Crippen molar-refractivity contribution in [1.82, 2.24) is 9.38 Å². The van der Waals surface area contributed by atoms with E-state index in [1.807, 2.05) is 13.1 Å². The lowest BCUT2D eigenvalue weighted by molar-refractivity contribution is 0.0221. The molecule has 0 aliphatic rings. The lowest BCUT2D eigenvalue weighted by atomic mass is 10.1. The zero-order valence-electron chi connectivity index (χ0n) is 8.87. The fourth-order valence-electron chi connectivity index (χ4n) is 1.29. The van der Waals surface area contributed by atoms with Gasteiger partial charge in [0, 0.05) is 19.5 Å². The van der Waals surface area contributed by atoms with Gasteiger partial charge in [0.1, 0.15) is 0 Å². The highest BCUT2D eigenvalue weighted by Crippen LogP contribution is 2.30. The summed E-state index contributed by atoms with van der Waals surface area (Å²) < 4.78 is 7.47. The lowest BCUT2D eigenvalue weighted by Crippen LogP contribution is -2.17. The summed E-state index contributed by atoms with van der Waals surface area (Å²) >= 11 is 1.68. The van der Waals surface area contributed by atoms with E-state index in [1.165, 1.54) is 4.88 Å². The molecule has 2 aromatic heterocycles. The van der Waals surface area contributed by atoms with Crippen LogP contribution in [0.2, 0.25) is 0 Å². The van der Waals surface area contributed by atoms with Crippen molar-refractivity contribution in [3.63, 3.8) is 0 Å². The molecule has 2 heterocycles. The molecule has 0 spiro atoms. The third-order valence-corrected chi connectivity index (χ3v) is 3.68. The number of imidazole rings is 1. The zero-order valence-corrected chi connectivity index (χ0v) is 9.68. The number of ether oxygens (including phenoxy) is 1. The van der Waals surface area contributed by atoms with Crippen molar-refractivity contribution in [3.8, 4) is 0 Å². The standard InChI is InChI=1S/C10H14N2OS/c1-7-5-12-6-8(10(2,3)13-4)14-9(12)11-7/h5-6H,1-4H3. The number of aromatic nitrogens is 2. The summed E-state index contributed by atoms with van der Waals surface area (Å²) in [5.41, 5.74) is 0.831. The Morgan fingerprint density at radius 3 is 2.71 bits per heavy atom. The third-order valence-electron chi connectivity index (χ3n) is 2.38. The Morgan fingerprint density at radius 2 is 2.14 bits per heavy atom. The first-order valence-corrected chi connectivity index (χ1v) is 5.35. The summed E-state index contributed by atoms with van der Waals surface area (Å²) in [4.78, 5) is 6.63. The first kappa shape index (κ1) is 9.68. The number of rotatable bonds is 2. The van der Waals surface area contributed by atoms with E-state index in [2.05, 4.69) is 29.4 Å². The Kier molecular flexibility index (Phi) is 2.12. The summed E-state index contributed by atoms with van der Waals surface area (Å²) in [6.45, 7) is 6.12. The molecule has 0 fully saturated rings. The SMILES string of the molecule is COC(C)(C)c1cn2cc(C)nc2s1. The minimum Gasteiger partial charge on any atom is -0.373 e. The Labute approximate surface area is 87.3 Å². The first-order valence-electron chi connectivity index (χ1n) is 4.54. The van der Waals surface area contributed by atoms with Crippen LogP contribution in [0.25, 0.3) is 4.96 Å². The molecule has 0 saturated heterocycles. The second-order valence-corrected chi connectivity index (χ2v) is 4.89. The minimum atomic E-state index is -0.223. The maximum absolute atomic E-state index is 5.42. The molecule has 3 nitrogen and oxygen atoms in total. The number of hydrogen-bond donors (Lipinski definition) is 0. The molecule has 14 heavy (non-hydrogen) atoms. The summed E-state index contributed by atoms with van der Waals surface area (Å²) in [5, 5.41) is 0. The topological polar surface area (TPSA) is 26.5 Å². The van der Waals surface area contributed by atoms with Crippen LogP contribution in [0.3, 0.4) is 0 Å². The Morgan fingerprint density at radius 1 is 1.43 bits per heavy atom. The maximum Gasteiger partial charge on any atom is 0.194 e. The summed E-state index contributed by atoms with van der Waals surface area (Å²) in [6, 6.07) is 0. The van der Waals surface area contributed by atoms with Gasteiger partial charge in [0.25, 0.3) is 0 Å². The average molecular weight is 210 g/mol. The second kappa shape index (κ2) is 3.07. The summed E-state index contributed by atoms with van der Waals surface area (Å²) in [7, 11) is 1.73. The molecular formula is C10H14N2OS. The maximum atomic E-state index is 5.42. The number of methoxy groups -OCH3 is 1. The van der Waals surface area contributed by atoms with Gasteiger partial charge < -0.3 is 4.74 Å². The predicted molar refractivity (Wildman–Crippen MR) is 57.8 cm³/mol. The van der Waals surface area contributed by atoms with E-state index < -0.39 is 0 Å². The van der Waals surface area contributed by atoms with Gasteiger partial charge in [-0.25, -0.2) is 4.98 Å². The summed E-state index contributed by atoms with van der Waals surface area (Å²) in [6.07, 6.45) is 4.12. The van der Waals surface area contributed by atoms with Crippen LogP contribution in [0.5, 0.6) is 0 Å². The molecule has 0 atom stereocenters. The molecule has 0 bridgehead atoms. The third kappa shape index (κ3) is 1.44. The second-order valence-electron chi connectivity index (χ2n) is 3.88. The van der Waals surface area contributed by atoms with Crippen molar-refractivity contribution in [2.75, 3.05) is 7.11 Å². The normalized spacial score (nSPS) is 12.6. The molecule has 4 heteroatoms. The number of aryl methyl sites for hydroxylation is 1. The highest BCUT2D eigenvalue weighted by Gasteiger charge is 2.22. The molecule has 0 aliphatic heterocycles. The van der Waals surface area contributed by atoms with E-state index in [9.17, 15) is 0 Å². The van der Waals surface area contributed by atoms with Crippen molar-refractivity contribution in [3.05, 3.63) is 23.0 Å². The van der Waals surface area contributed by atoms with Gasteiger partial charge in [-0.2, -0.15) is 0 Å². The van der Waals surface area contributed by atoms with E-state index in [-0.39, 0.29) is 5.60 Å². The van der Waals surface area contributed by atoms with Crippen molar-refractivity contribution >= 4 is 16.3 Å². The van der Waals surface area contributed by atoms with Gasteiger partial charge in [-0.15, -0.1) is 0 Å². The number of nitrogens with zero attached hydrogens (tertiary/aromatic N) is 2. The first-order chi connectivity index (χ1) is 6.53. The molecule has 2 rings (SSSR count). The van der Waals surface area contributed by atoms with Crippen LogP contribution in [0.4, 0.5) is 0 Å². The van der Waals surface area contributed by atoms with E-state index in [0.29, 0.717) is 0 Å². The summed E-state index contributed by atoms with van der Waals surface area (Å²) in [5.74, 6) is 0. The van der Waals surface area contributed by atoms with Crippen LogP contribution in [0.15, 0.2) is 12.4 Å². The zero-order chi connectivity index (χ0) is 10.3. The molecule has 0 unspecified atom stereocenters. The highest BCUT2D eigenvalue weighted by atomic mass is 32.1. The van der Waals surface area contributed by atoms with Gasteiger partial charge in [0.05, 0.1) is 16.2 Å². The van der Waals surface area contributed by atoms with Gasteiger partial charge in [0.15, 0.2) is 4.96 Å². The molecule has 2 aromatic rings. The van der Waals surface area contributed by atoms with Crippen LogP contribution < -0.4 is 0 Å². The lowest BCUT2D eigenvalue weighted by Gasteiger charge is -2.20. The number of thiazole rings is 1. The van der Waals surface area contributed by atoms with Gasteiger partial charge in [-0.1, -0.05) is 11.3 Å². The predicted octanol–water partition coefficient (Wildman–Crippen LogP) is 2.59. The molecule has 0 amide bonds. The van der Waals surface area contributed by atoms with E-state index in [0.717, 1.165) is 10.7 Å². The smallest absolute Gasteiger partial charge is 0.194 e. The van der Waals surface area contributed by atoms with Crippen molar-refractivity contribution < 1.29 is 4.74 Å². The van der Waals surface area contributed by atoms with Crippen LogP contribution in [-0.2, 0) is 10.3 Å². The molecule has 0 N–H and O–H groups in total. The van der Waals surface area contributed by atoms with E-state index in [4.69, 9.17) is 4.74 Å². The molecule has 76 valence electrons. The van der Waals surface area contributed by atoms with E-state index >= 15 is 0 Å². The molecular weight excluding hydrogens is 196 g/mol. The van der Waals surface area contributed by atoms with Gasteiger partial charge in [-0.05, 0) is 20.8 Å². The van der Waals surface area contributed by atoms with E-state index in [1.54, 1.807) is 18.4 Å². The van der Waals surface area contributed by atoms with Crippen molar-refractivity contribution in [2.24, 2.45) is 0 Å². The molecule has 0 radical (unpaired) electrons. The van der Waals surface area contributed by atoms with Crippen molar-refractivity contribution in [2.45, 2.75) is 26.4 Å². The Balaban J connectivity index is 2.50. The quantitative estimate of drug-likeness (QED) is 0.761. The van der Waals surface area contributed by atoms with Crippen LogP contribution >= 0.6 is 11.3 Å². The minimum absolute atomic E-state index is 0.223.